The highest BCUT2D eigenvalue weighted by molar-refractivity contribution is 7.17. The minimum absolute atomic E-state index is 0.956. The summed E-state index contributed by atoms with van der Waals surface area (Å²) in [6.07, 6.45) is 28.9. The number of nitrogens with one attached hydrogen (secondary N) is 1. The largest absolute Gasteiger partial charge is 0.464 e. The van der Waals surface area contributed by atoms with E-state index in [0.29, 0.717) is 0 Å². The summed E-state index contributed by atoms with van der Waals surface area (Å²) < 4.78 is 13.0. The first-order valence-corrected chi connectivity index (χ1v) is 44.5. The van der Waals surface area contributed by atoms with Gasteiger partial charge in [0.05, 0.1) is 18.7 Å². The van der Waals surface area contributed by atoms with E-state index in [4.69, 9.17) is 8.83 Å². The molecule has 0 atom stereocenters. The van der Waals surface area contributed by atoms with Crippen molar-refractivity contribution in [2.45, 2.75) is 277 Å². The molecule has 115 heavy (non-hydrogen) atoms. The number of nitrogens with zero attached hydrogens (tertiary/aromatic N) is 12. The lowest BCUT2D eigenvalue weighted by Crippen LogP contribution is -1.75. The van der Waals surface area contributed by atoms with E-state index in [-0.39, 0.29) is 0 Å². The molecular formula is C98H169N13O2S2. The molecule has 15 rings (SSSR count). The molecule has 10 heterocycles. The number of aromatic nitrogens is 13. The van der Waals surface area contributed by atoms with Gasteiger partial charge in [0.15, 0.2) is 0 Å². The Balaban J connectivity index is -0.0000000711. The molecule has 17 heteroatoms. The number of H-pyrrole nitrogens is 1. The standard InChI is InChI=1S/C8H7N.2C8H6O.2C8H6S.3C4H4N2.2C3H3N3.20C2H6/c5*1-2-4-8-7(3-1)5-6-9-8;1-2-6-4-3-5-1;1-2-5-4-6-3-1;1-2-4-6-5-3-1;1-4-2-6-3-5-1;1-2-5-6-3-4-1;20*1-2/h1-6,9H;4*1-6H;3*1-4H;2*1-3H;20*1-2H3. The Kier molecular flexibility index (Phi) is 186. The number of aromatic amines is 1. The molecule has 650 valence electrons. The molecule has 5 aromatic carbocycles. The Morgan fingerprint density at radius 1 is 0.209 bits per heavy atom. The van der Waals surface area contributed by atoms with Crippen LogP contribution in [0.15, 0.2) is 302 Å². The first-order valence-electron chi connectivity index (χ1n) is 42.8. The van der Waals surface area contributed by atoms with Crippen LogP contribution in [0, 0.1) is 0 Å². The fraction of sp³-hybridized carbons (Fsp3) is 0.408. The number of furan rings is 2. The van der Waals surface area contributed by atoms with Crippen molar-refractivity contribution >= 4 is 75.7 Å². The Bertz CT molecular complexity index is 2830. The van der Waals surface area contributed by atoms with Gasteiger partial charge in [0, 0.05) is 87.7 Å². The van der Waals surface area contributed by atoms with Crippen molar-refractivity contribution < 1.29 is 8.83 Å². The van der Waals surface area contributed by atoms with Crippen molar-refractivity contribution in [3.63, 3.8) is 0 Å². The minimum Gasteiger partial charge on any atom is -0.464 e. The maximum Gasteiger partial charge on any atom is 0.138 e. The summed E-state index contributed by atoms with van der Waals surface area (Å²) in [6, 6.07) is 56.6. The van der Waals surface area contributed by atoms with Crippen LogP contribution in [0.4, 0.5) is 0 Å². The number of benzene rings is 5. The molecule has 15 nitrogen and oxygen atoms in total. The van der Waals surface area contributed by atoms with Crippen molar-refractivity contribution in [3.8, 4) is 0 Å². The predicted octanol–water partition coefficient (Wildman–Crippen LogP) is 34.5. The topological polar surface area (TPSA) is 197 Å². The first kappa shape index (κ1) is 140. The van der Waals surface area contributed by atoms with Crippen molar-refractivity contribution in [3.05, 3.63) is 293 Å². The van der Waals surface area contributed by atoms with Crippen LogP contribution >= 0.6 is 22.7 Å². The van der Waals surface area contributed by atoms with Gasteiger partial charge in [-0.05, 0) is 106 Å². The van der Waals surface area contributed by atoms with Gasteiger partial charge in [-0.15, -0.1) is 27.8 Å². The molecule has 0 radical (unpaired) electrons. The Hall–Kier alpha value is -10.1. The number of para-hydroxylation sites is 3. The molecule has 0 aliphatic heterocycles. The zero-order valence-corrected chi connectivity index (χ0v) is 81.8. The molecule has 0 unspecified atom stereocenters. The fourth-order valence-corrected chi connectivity index (χ4v) is 7.37. The van der Waals surface area contributed by atoms with Gasteiger partial charge < -0.3 is 13.8 Å². The van der Waals surface area contributed by atoms with Crippen molar-refractivity contribution in [1.82, 2.24) is 65.3 Å². The van der Waals surface area contributed by atoms with Crippen molar-refractivity contribution in [2.24, 2.45) is 0 Å². The SMILES string of the molecule is CC.CC.CC.CC.CC.CC.CC.CC.CC.CC.CC.CC.CC.CC.CC.CC.CC.CC.CC.CC.c1ccc2[nH]ccc2c1.c1ccc2occc2c1.c1ccc2occc2c1.c1ccc2sccc2c1.c1ccc2sccc2c1.c1ccnnc1.c1cnccn1.c1cncnc1.c1cnncn1.c1ncncn1. The van der Waals surface area contributed by atoms with Crippen LogP contribution in [0.3, 0.4) is 0 Å². The Morgan fingerprint density at radius 2 is 0.496 bits per heavy atom. The molecule has 0 amide bonds. The monoisotopic (exact) mass is 1620 g/mol. The highest BCUT2D eigenvalue weighted by Crippen LogP contribution is 2.20. The normalized spacial score (nSPS) is 7.13. The van der Waals surface area contributed by atoms with Gasteiger partial charge in [-0.3, -0.25) is 9.97 Å². The maximum absolute atomic E-state index is 5.12. The zero-order chi connectivity index (χ0) is 91.7. The summed E-state index contributed by atoms with van der Waals surface area (Å²) in [4.78, 5) is 32.2. The number of thiophene rings is 2. The van der Waals surface area contributed by atoms with Crippen LogP contribution in [0.2, 0.25) is 0 Å². The molecule has 15 aromatic rings. The third kappa shape index (κ3) is 98.0. The van der Waals surface area contributed by atoms with E-state index in [1.807, 2.05) is 368 Å². The lowest BCUT2D eigenvalue weighted by molar-refractivity contribution is 0.615. The summed E-state index contributed by atoms with van der Waals surface area (Å²) in [6.45, 7) is 80.0. The van der Waals surface area contributed by atoms with Gasteiger partial charge in [-0.1, -0.05) is 368 Å². The van der Waals surface area contributed by atoms with Gasteiger partial charge in [0.2, 0.25) is 0 Å². The van der Waals surface area contributed by atoms with E-state index < -0.39 is 0 Å². The van der Waals surface area contributed by atoms with E-state index in [9.17, 15) is 0 Å². The quantitative estimate of drug-likeness (QED) is 0.150. The summed E-state index contributed by atoms with van der Waals surface area (Å²) in [5, 5.41) is 24.5. The molecular weight excluding hydrogens is 1460 g/mol. The number of hydrogen-bond acceptors (Lipinski definition) is 16. The molecule has 0 spiro atoms. The third-order valence-electron chi connectivity index (χ3n) is 9.15. The van der Waals surface area contributed by atoms with Gasteiger partial charge in [0.1, 0.15) is 42.8 Å². The fourth-order valence-electron chi connectivity index (χ4n) is 5.79. The number of rotatable bonds is 0. The maximum atomic E-state index is 5.12. The van der Waals surface area contributed by atoms with Crippen LogP contribution < -0.4 is 0 Å². The Morgan fingerprint density at radius 3 is 0.730 bits per heavy atom. The average Bonchev–Trinajstić information content (AvgIpc) is 1.79. The summed E-state index contributed by atoms with van der Waals surface area (Å²) in [5.41, 5.74) is 3.12. The van der Waals surface area contributed by atoms with E-state index >= 15 is 0 Å². The molecule has 1 N–H and O–H groups in total. The van der Waals surface area contributed by atoms with Gasteiger partial charge >= 0.3 is 0 Å². The van der Waals surface area contributed by atoms with Crippen LogP contribution in [0.1, 0.15) is 277 Å². The lowest BCUT2D eigenvalue weighted by atomic mass is 10.3. The summed E-state index contributed by atoms with van der Waals surface area (Å²) in [5.74, 6) is 0. The second kappa shape index (κ2) is 153. The highest BCUT2D eigenvalue weighted by atomic mass is 32.1. The second-order valence-corrected chi connectivity index (χ2v) is 16.1. The predicted molar refractivity (Wildman–Crippen MR) is 527 cm³/mol. The molecule has 0 fully saturated rings. The molecule has 10 aromatic heterocycles. The van der Waals surface area contributed by atoms with Crippen molar-refractivity contribution in [2.75, 3.05) is 0 Å². The molecule has 0 saturated heterocycles. The number of hydrogen-bond donors (Lipinski definition) is 1. The first-order chi connectivity index (χ1) is 57.3. The Labute approximate surface area is 715 Å². The minimum atomic E-state index is 0.956. The van der Waals surface area contributed by atoms with E-state index in [1.165, 1.54) is 68.9 Å². The zero-order valence-electron chi connectivity index (χ0n) is 80.2. The highest BCUT2D eigenvalue weighted by Gasteiger charge is 1.92. The molecule has 0 saturated carbocycles. The second-order valence-electron chi connectivity index (χ2n) is 14.2. The third-order valence-corrected chi connectivity index (χ3v) is 10.9. The average molecular weight is 1630 g/mol. The van der Waals surface area contributed by atoms with E-state index in [0.717, 1.165) is 21.9 Å². The summed E-state index contributed by atoms with van der Waals surface area (Å²) >= 11 is 3.57. The van der Waals surface area contributed by atoms with Crippen LogP contribution in [0.5, 0.6) is 0 Å². The van der Waals surface area contributed by atoms with Gasteiger partial charge in [0.25, 0.3) is 0 Å². The smallest absolute Gasteiger partial charge is 0.138 e. The number of fused-ring (bicyclic) bond motifs is 5. The van der Waals surface area contributed by atoms with Crippen LogP contribution in [0.25, 0.3) is 53.0 Å². The van der Waals surface area contributed by atoms with E-state index in [2.05, 4.69) is 155 Å². The van der Waals surface area contributed by atoms with Gasteiger partial charge in [-0.2, -0.15) is 15.3 Å². The summed E-state index contributed by atoms with van der Waals surface area (Å²) in [7, 11) is 0. The molecule has 0 bridgehead atoms. The molecule has 0 aliphatic rings. The van der Waals surface area contributed by atoms with Gasteiger partial charge in [-0.25, -0.2) is 29.9 Å². The lowest BCUT2D eigenvalue weighted by Gasteiger charge is -1.83. The van der Waals surface area contributed by atoms with Crippen LogP contribution in [-0.4, -0.2) is 65.3 Å². The van der Waals surface area contributed by atoms with Crippen LogP contribution in [-0.2, 0) is 0 Å². The van der Waals surface area contributed by atoms with E-state index in [1.54, 1.807) is 97.0 Å². The van der Waals surface area contributed by atoms with Crippen molar-refractivity contribution in [1.29, 1.82) is 0 Å². The molecule has 0 aliphatic carbocycles.